The minimum Gasteiger partial charge on any atom is -0.474 e. The second-order valence-corrected chi connectivity index (χ2v) is 5.85. The highest BCUT2D eigenvalue weighted by Gasteiger charge is 2.24. The topological polar surface area (TPSA) is 79.4 Å². The van der Waals surface area contributed by atoms with Crippen LogP contribution in [0.15, 0.2) is 12.1 Å². The molecule has 0 saturated heterocycles. The van der Waals surface area contributed by atoms with E-state index in [4.69, 9.17) is 15.2 Å². The van der Waals surface area contributed by atoms with Crippen LogP contribution in [0.1, 0.15) is 48.7 Å². The number of aryl methyl sites for hydroxylation is 1. The summed E-state index contributed by atoms with van der Waals surface area (Å²) >= 11 is 0. The molecule has 2 N–H and O–H groups in total. The van der Waals surface area contributed by atoms with Crippen molar-refractivity contribution in [2.45, 2.75) is 45.3 Å². The molecule has 0 amide bonds. The molecule has 1 aliphatic carbocycles. The minimum atomic E-state index is -0.385. The molecule has 0 radical (unpaired) electrons. The van der Waals surface area contributed by atoms with Gasteiger partial charge in [0.15, 0.2) is 0 Å². The zero-order valence-electron chi connectivity index (χ0n) is 13.7. The molecule has 0 aromatic carbocycles. The molecule has 2 aromatic heterocycles. The Morgan fingerprint density at radius 1 is 1.39 bits per heavy atom. The summed E-state index contributed by atoms with van der Waals surface area (Å²) in [6.07, 6.45) is 4.75. The van der Waals surface area contributed by atoms with Crippen molar-refractivity contribution in [1.29, 1.82) is 0 Å². The van der Waals surface area contributed by atoms with Crippen molar-refractivity contribution >= 4 is 17.0 Å². The lowest BCUT2D eigenvalue weighted by Gasteiger charge is -2.12. The van der Waals surface area contributed by atoms with Crippen LogP contribution in [-0.2, 0) is 18.3 Å². The Bertz CT molecular complexity index is 717. The monoisotopic (exact) mass is 317 g/mol. The predicted molar refractivity (Wildman–Crippen MR) is 87.4 cm³/mol. The third-order valence-corrected chi connectivity index (χ3v) is 4.40. The fourth-order valence-electron chi connectivity index (χ4n) is 3.24. The van der Waals surface area contributed by atoms with Gasteiger partial charge in [-0.05, 0) is 38.7 Å². The molecule has 1 aliphatic rings. The normalized spacial score (nSPS) is 15.3. The van der Waals surface area contributed by atoms with Crippen LogP contribution in [-0.4, -0.2) is 28.2 Å². The summed E-state index contributed by atoms with van der Waals surface area (Å²) in [5.41, 5.74) is 8.46. The number of hydrogen-bond acceptors (Lipinski definition) is 5. The Labute approximate surface area is 135 Å². The van der Waals surface area contributed by atoms with E-state index < -0.39 is 0 Å². The van der Waals surface area contributed by atoms with Crippen LogP contribution in [0, 0.1) is 0 Å². The molecule has 0 atom stereocenters. The second-order valence-electron chi connectivity index (χ2n) is 5.85. The van der Waals surface area contributed by atoms with E-state index >= 15 is 0 Å². The summed E-state index contributed by atoms with van der Waals surface area (Å²) in [5.74, 6) is 0.174. The van der Waals surface area contributed by atoms with Crippen molar-refractivity contribution in [2.24, 2.45) is 12.8 Å². The molecule has 0 aliphatic heterocycles. The SMILES string of the molecule is CCOC(=O)c1c(CN)n(C)c2ccc(OC3CCCC3)nc12. The van der Waals surface area contributed by atoms with E-state index in [9.17, 15) is 4.79 Å². The maximum atomic E-state index is 12.3. The zero-order chi connectivity index (χ0) is 16.4. The fourth-order valence-corrected chi connectivity index (χ4v) is 3.24. The maximum absolute atomic E-state index is 12.3. The van der Waals surface area contributed by atoms with Gasteiger partial charge in [-0.25, -0.2) is 9.78 Å². The third-order valence-electron chi connectivity index (χ3n) is 4.40. The molecule has 1 saturated carbocycles. The summed E-state index contributed by atoms with van der Waals surface area (Å²) in [4.78, 5) is 16.9. The van der Waals surface area contributed by atoms with Crippen molar-refractivity contribution in [1.82, 2.24) is 9.55 Å². The molecule has 6 nitrogen and oxygen atoms in total. The first-order valence-electron chi connectivity index (χ1n) is 8.17. The van der Waals surface area contributed by atoms with E-state index in [1.807, 2.05) is 23.7 Å². The highest BCUT2D eigenvalue weighted by atomic mass is 16.5. The zero-order valence-corrected chi connectivity index (χ0v) is 13.7. The Kier molecular flexibility index (Phi) is 4.52. The van der Waals surface area contributed by atoms with Crippen molar-refractivity contribution in [3.8, 4) is 5.88 Å². The molecule has 0 bridgehead atoms. The number of nitrogens with zero attached hydrogens (tertiary/aromatic N) is 2. The quantitative estimate of drug-likeness (QED) is 0.857. The van der Waals surface area contributed by atoms with Gasteiger partial charge >= 0.3 is 5.97 Å². The van der Waals surface area contributed by atoms with Gasteiger partial charge in [0.05, 0.1) is 12.1 Å². The van der Waals surface area contributed by atoms with Gasteiger partial charge < -0.3 is 19.8 Å². The molecule has 0 unspecified atom stereocenters. The van der Waals surface area contributed by atoms with E-state index in [2.05, 4.69) is 4.98 Å². The van der Waals surface area contributed by atoms with E-state index in [1.54, 1.807) is 6.92 Å². The summed E-state index contributed by atoms with van der Waals surface area (Å²) in [6, 6.07) is 3.78. The Morgan fingerprint density at radius 2 is 2.13 bits per heavy atom. The summed E-state index contributed by atoms with van der Waals surface area (Å²) in [7, 11) is 1.88. The van der Waals surface area contributed by atoms with Crippen LogP contribution in [0.3, 0.4) is 0 Å². The Balaban J connectivity index is 2.04. The molecule has 124 valence electrons. The molecule has 2 aromatic rings. The van der Waals surface area contributed by atoms with Gasteiger partial charge in [-0.1, -0.05) is 0 Å². The van der Waals surface area contributed by atoms with Crippen LogP contribution < -0.4 is 10.5 Å². The number of nitrogens with two attached hydrogens (primary N) is 1. The number of hydrogen-bond donors (Lipinski definition) is 1. The van der Waals surface area contributed by atoms with Crippen LogP contribution >= 0.6 is 0 Å². The highest BCUT2D eigenvalue weighted by Crippen LogP contribution is 2.29. The minimum absolute atomic E-state index is 0.226. The number of carbonyl (C=O) groups excluding carboxylic acids is 1. The number of ether oxygens (including phenoxy) is 2. The molecule has 1 fully saturated rings. The lowest BCUT2D eigenvalue weighted by molar-refractivity contribution is 0.0527. The van der Waals surface area contributed by atoms with Crippen LogP contribution in [0.25, 0.3) is 11.0 Å². The first-order chi connectivity index (χ1) is 11.2. The Morgan fingerprint density at radius 3 is 2.78 bits per heavy atom. The number of fused-ring (bicyclic) bond motifs is 1. The number of rotatable bonds is 5. The van der Waals surface area contributed by atoms with Gasteiger partial charge in [0, 0.05) is 25.4 Å². The molecule has 23 heavy (non-hydrogen) atoms. The van der Waals surface area contributed by atoms with Gasteiger partial charge in [0.25, 0.3) is 0 Å². The standard InChI is InChI=1S/C17H23N3O3/c1-3-22-17(21)15-13(10-18)20(2)12-8-9-14(19-16(12)15)23-11-6-4-5-7-11/h8-9,11H,3-7,10,18H2,1-2H3. The molecule has 6 heteroatoms. The number of carbonyl (C=O) groups is 1. The lowest BCUT2D eigenvalue weighted by Crippen LogP contribution is -2.13. The average Bonchev–Trinajstić information content (AvgIpc) is 3.13. The molecule has 3 rings (SSSR count). The van der Waals surface area contributed by atoms with Gasteiger partial charge in [-0.15, -0.1) is 0 Å². The highest BCUT2D eigenvalue weighted by molar-refractivity contribution is 6.04. The summed E-state index contributed by atoms with van der Waals surface area (Å²) in [5, 5.41) is 0. The van der Waals surface area contributed by atoms with Crippen molar-refractivity contribution in [3.63, 3.8) is 0 Å². The number of pyridine rings is 1. The number of aromatic nitrogens is 2. The largest absolute Gasteiger partial charge is 0.474 e. The van der Waals surface area contributed by atoms with Crippen LogP contribution in [0.4, 0.5) is 0 Å². The van der Waals surface area contributed by atoms with Gasteiger partial charge in [0.2, 0.25) is 5.88 Å². The van der Waals surface area contributed by atoms with Crippen LogP contribution in [0.2, 0.25) is 0 Å². The summed E-state index contributed by atoms with van der Waals surface area (Å²) < 4.78 is 13.0. The second kappa shape index (κ2) is 6.58. The van der Waals surface area contributed by atoms with Gasteiger partial charge in [-0.3, -0.25) is 0 Å². The van der Waals surface area contributed by atoms with Crippen LogP contribution in [0.5, 0.6) is 5.88 Å². The van der Waals surface area contributed by atoms with Gasteiger partial charge in [0.1, 0.15) is 17.2 Å². The lowest BCUT2D eigenvalue weighted by atomic mass is 10.2. The Hall–Kier alpha value is -2.08. The maximum Gasteiger partial charge on any atom is 0.342 e. The fraction of sp³-hybridized carbons (Fsp3) is 0.529. The van der Waals surface area contributed by atoms with Crippen molar-refractivity contribution in [2.75, 3.05) is 6.61 Å². The first-order valence-corrected chi connectivity index (χ1v) is 8.17. The third kappa shape index (κ3) is 2.91. The van der Waals surface area contributed by atoms with Crippen molar-refractivity contribution < 1.29 is 14.3 Å². The molecular weight excluding hydrogens is 294 g/mol. The number of esters is 1. The van der Waals surface area contributed by atoms with E-state index in [-0.39, 0.29) is 18.6 Å². The molecular formula is C17H23N3O3. The van der Waals surface area contributed by atoms with E-state index in [0.29, 0.717) is 23.6 Å². The van der Waals surface area contributed by atoms with Gasteiger partial charge in [-0.2, -0.15) is 0 Å². The average molecular weight is 317 g/mol. The molecule has 2 heterocycles. The van der Waals surface area contributed by atoms with E-state index in [1.165, 1.54) is 12.8 Å². The smallest absolute Gasteiger partial charge is 0.342 e. The summed E-state index contributed by atoms with van der Waals surface area (Å²) in [6.45, 7) is 2.35. The first kappa shape index (κ1) is 15.8. The predicted octanol–water partition coefficient (Wildman–Crippen LogP) is 2.53. The van der Waals surface area contributed by atoms with E-state index in [0.717, 1.165) is 24.1 Å². The molecule has 0 spiro atoms. The van der Waals surface area contributed by atoms with Crippen molar-refractivity contribution in [3.05, 3.63) is 23.4 Å².